The average molecular weight is 328 g/mol. The molecule has 19 heavy (non-hydrogen) atoms. The number of nitrogens with one attached hydrogen (secondary N) is 1. The first-order chi connectivity index (χ1) is 8.77. The van der Waals surface area contributed by atoms with Crippen LogP contribution in [-0.2, 0) is 4.79 Å². The third-order valence-electron chi connectivity index (χ3n) is 3.65. The minimum Gasteiger partial charge on any atom is -0.394 e. The molecule has 0 aliphatic carbocycles. The van der Waals surface area contributed by atoms with Crippen molar-refractivity contribution in [3.05, 3.63) is 22.2 Å². The van der Waals surface area contributed by atoms with Gasteiger partial charge in [0.15, 0.2) is 0 Å². The molecule has 0 saturated carbocycles. The first kappa shape index (κ1) is 14.3. The smallest absolute Gasteiger partial charge is 0.245 e. The third-order valence-corrected chi connectivity index (χ3v) is 4.29. The van der Waals surface area contributed by atoms with Crippen LogP contribution < -0.4 is 16.0 Å². The Labute approximate surface area is 120 Å². The van der Waals surface area contributed by atoms with E-state index in [9.17, 15) is 9.90 Å². The maximum absolute atomic E-state index is 11.6. The number of hydrogen-bond acceptors (Lipinski definition) is 4. The van der Waals surface area contributed by atoms with Crippen molar-refractivity contribution in [1.82, 2.24) is 0 Å². The maximum Gasteiger partial charge on any atom is 0.245 e. The lowest BCUT2D eigenvalue weighted by molar-refractivity contribution is -0.116. The van der Waals surface area contributed by atoms with Crippen molar-refractivity contribution in [2.75, 3.05) is 23.9 Å². The number of aliphatic hydroxyl groups excluding tert-OH is 1. The van der Waals surface area contributed by atoms with Crippen LogP contribution in [0.4, 0.5) is 11.4 Å². The van der Waals surface area contributed by atoms with E-state index in [0.717, 1.165) is 21.4 Å². The first-order valence-electron chi connectivity index (χ1n) is 6.02. The third kappa shape index (κ3) is 2.35. The Morgan fingerprint density at radius 3 is 2.74 bits per heavy atom. The zero-order chi connectivity index (χ0) is 14.4. The molecular weight excluding hydrogens is 310 g/mol. The summed E-state index contributed by atoms with van der Waals surface area (Å²) in [4.78, 5) is 13.5. The van der Waals surface area contributed by atoms with Gasteiger partial charge < -0.3 is 21.1 Å². The van der Waals surface area contributed by atoms with Crippen molar-refractivity contribution < 1.29 is 9.90 Å². The molecule has 0 aromatic heterocycles. The van der Waals surface area contributed by atoms with Gasteiger partial charge in [0.1, 0.15) is 6.04 Å². The molecule has 0 saturated heterocycles. The monoisotopic (exact) mass is 327 g/mol. The second-order valence-electron chi connectivity index (χ2n) is 5.39. The fraction of sp³-hybridized carbons (Fsp3) is 0.462. The Hall–Kier alpha value is -1.11. The number of hydrogen-bond donors (Lipinski definition) is 3. The van der Waals surface area contributed by atoms with Crippen LogP contribution in [-0.4, -0.2) is 30.2 Å². The summed E-state index contributed by atoms with van der Waals surface area (Å²) in [5.74, 6) is -0.192. The van der Waals surface area contributed by atoms with Gasteiger partial charge in [0, 0.05) is 22.8 Å². The van der Waals surface area contributed by atoms with Crippen LogP contribution in [0.15, 0.2) is 16.6 Å². The lowest BCUT2D eigenvalue weighted by Gasteiger charge is -2.36. The highest BCUT2D eigenvalue weighted by molar-refractivity contribution is 9.10. The molecule has 104 valence electrons. The Morgan fingerprint density at radius 1 is 1.53 bits per heavy atom. The fourth-order valence-corrected chi connectivity index (χ4v) is 2.61. The van der Waals surface area contributed by atoms with Crippen molar-refractivity contribution in [3.8, 4) is 0 Å². The number of rotatable bonds is 3. The Kier molecular flexibility index (Phi) is 3.59. The lowest BCUT2D eigenvalue weighted by atomic mass is 10.0. The van der Waals surface area contributed by atoms with E-state index in [1.807, 2.05) is 37.9 Å². The van der Waals surface area contributed by atoms with Gasteiger partial charge in [-0.1, -0.05) is 0 Å². The van der Waals surface area contributed by atoms with Crippen LogP contribution >= 0.6 is 15.9 Å². The molecule has 4 N–H and O–H groups in total. The van der Waals surface area contributed by atoms with Crippen LogP contribution in [0.2, 0.25) is 0 Å². The fourth-order valence-electron chi connectivity index (χ4n) is 1.98. The van der Waals surface area contributed by atoms with E-state index in [0.29, 0.717) is 0 Å². The van der Waals surface area contributed by atoms with E-state index in [4.69, 9.17) is 5.73 Å². The maximum atomic E-state index is 11.6. The second-order valence-corrected chi connectivity index (χ2v) is 6.24. The highest BCUT2D eigenvalue weighted by Gasteiger charge is 2.31. The van der Waals surface area contributed by atoms with Crippen LogP contribution in [0.3, 0.4) is 0 Å². The topological polar surface area (TPSA) is 78.6 Å². The zero-order valence-electron chi connectivity index (χ0n) is 11.2. The Balaban J connectivity index is 2.46. The van der Waals surface area contributed by atoms with E-state index >= 15 is 0 Å². The predicted molar refractivity (Wildman–Crippen MR) is 79.3 cm³/mol. The summed E-state index contributed by atoms with van der Waals surface area (Å²) in [6.07, 6.45) is 0. The molecular formula is C13H18BrN3O2. The predicted octanol–water partition coefficient (Wildman–Crippen LogP) is 1.61. The van der Waals surface area contributed by atoms with Gasteiger partial charge in [-0.3, -0.25) is 4.79 Å². The first-order valence-corrected chi connectivity index (χ1v) is 6.82. The normalized spacial score (nSPS) is 18.2. The van der Waals surface area contributed by atoms with Crippen molar-refractivity contribution in [1.29, 1.82) is 0 Å². The molecule has 6 heteroatoms. The summed E-state index contributed by atoms with van der Waals surface area (Å²) in [6.45, 7) is 3.91. The van der Waals surface area contributed by atoms with Gasteiger partial charge >= 0.3 is 0 Å². The van der Waals surface area contributed by atoms with Gasteiger partial charge in [-0.15, -0.1) is 0 Å². The number of amides is 1. The minimum absolute atomic E-state index is 0.0267. The van der Waals surface area contributed by atoms with Crippen molar-refractivity contribution in [2.45, 2.75) is 25.4 Å². The van der Waals surface area contributed by atoms with E-state index in [1.165, 1.54) is 0 Å². The van der Waals surface area contributed by atoms with E-state index < -0.39 is 11.6 Å². The van der Waals surface area contributed by atoms with Crippen LogP contribution in [0.1, 0.15) is 25.5 Å². The SMILES string of the molecule is CN(c1cc2c(cc1Br)C(N)C(=O)N2)C(C)(C)CO. The van der Waals surface area contributed by atoms with E-state index in [1.54, 1.807) is 0 Å². The Morgan fingerprint density at radius 2 is 2.16 bits per heavy atom. The molecule has 5 nitrogen and oxygen atoms in total. The van der Waals surface area contributed by atoms with Gasteiger partial charge in [-0.25, -0.2) is 0 Å². The number of nitrogens with two attached hydrogens (primary N) is 1. The number of fused-ring (bicyclic) bond motifs is 1. The van der Waals surface area contributed by atoms with Gasteiger partial charge in [-0.2, -0.15) is 0 Å². The van der Waals surface area contributed by atoms with Crippen LogP contribution in [0.5, 0.6) is 0 Å². The number of carbonyl (C=O) groups excluding carboxylic acids is 1. The molecule has 1 aliphatic heterocycles. The number of nitrogens with zero attached hydrogens (tertiary/aromatic N) is 1. The molecule has 0 fully saturated rings. The summed E-state index contributed by atoms with van der Waals surface area (Å²) < 4.78 is 0.849. The summed E-state index contributed by atoms with van der Waals surface area (Å²) in [5.41, 5.74) is 7.83. The quantitative estimate of drug-likeness (QED) is 0.788. The van der Waals surface area contributed by atoms with Gasteiger partial charge in [0.05, 0.1) is 17.8 Å². The van der Waals surface area contributed by atoms with Crippen molar-refractivity contribution in [3.63, 3.8) is 0 Å². The molecule has 1 aromatic rings. The highest BCUT2D eigenvalue weighted by Crippen LogP contribution is 2.39. The highest BCUT2D eigenvalue weighted by atomic mass is 79.9. The van der Waals surface area contributed by atoms with Gasteiger partial charge in [-0.05, 0) is 41.9 Å². The molecule has 1 aromatic carbocycles. The molecule has 1 atom stereocenters. The minimum atomic E-state index is -0.614. The van der Waals surface area contributed by atoms with Crippen molar-refractivity contribution in [2.24, 2.45) is 5.73 Å². The molecule has 1 unspecified atom stereocenters. The summed E-state index contributed by atoms with van der Waals surface area (Å²) in [6, 6.07) is 3.12. The number of carbonyl (C=O) groups is 1. The number of halogens is 1. The molecule has 2 rings (SSSR count). The standard InChI is InChI=1S/C13H18BrN3O2/c1-13(2,6-18)17(3)10-5-9-7(4-8(10)14)11(15)12(19)16-9/h4-5,11,18H,6,15H2,1-3H3,(H,16,19). The Bertz CT molecular complexity index is 531. The average Bonchev–Trinajstić information content (AvgIpc) is 2.64. The molecule has 1 heterocycles. The summed E-state index contributed by atoms with van der Waals surface area (Å²) in [7, 11) is 1.90. The van der Waals surface area contributed by atoms with Crippen LogP contribution in [0, 0.1) is 0 Å². The van der Waals surface area contributed by atoms with Crippen LogP contribution in [0.25, 0.3) is 0 Å². The molecule has 1 amide bonds. The number of likely N-dealkylation sites (N-methyl/N-ethyl adjacent to an activating group) is 1. The van der Waals surface area contributed by atoms with E-state index in [-0.39, 0.29) is 12.5 Å². The number of anilines is 2. The molecule has 0 radical (unpaired) electrons. The second kappa shape index (κ2) is 4.77. The lowest BCUT2D eigenvalue weighted by Crippen LogP contribution is -2.44. The largest absolute Gasteiger partial charge is 0.394 e. The zero-order valence-corrected chi connectivity index (χ0v) is 12.8. The number of benzene rings is 1. The van der Waals surface area contributed by atoms with E-state index in [2.05, 4.69) is 21.2 Å². The molecule has 1 aliphatic rings. The summed E-state index contributed by atoms with van der Waals surface area (Å²) >= 11 is 3.50. The number of aliphatic hydroxyl groups is 1. The van der Waals surface area contributed by atoms with Crippen molar-refractivity contribution >= 4 is 33.2 Å². The summed E-state index contributed by atoms with van der Waals surface area (Å²) in [5, 5.41) is 12.2. The van der Waals surface area contributed by atoms with Gasteiger partial charge in [0.2, 0.25) is 5.91 Å². The molecule has 0 spiro atoms. The van der Waals surface area contributed by atoms with Gasteiger partial charge in [0.25, 0.3) is 0 Å². The molecule has 0 bridgehead atoms.